The fourth-order valence-corrected chi connectivity index (χ4v) is 1.55. The minimum atomic E-state index is -0.682. The summed E-state index contributed by atoms with van der Waals surface area (Å²) in [6.07, 6.45) is 0.698. The third-order valence-corrected chi connectivity index (χ3v) is 2.47. The Balaban J connectivity index is 2.35. The van der Waals surface area contributed by atoms with Gasteiger partial charge in [-0.05, 0) is 6.07 Å². The summed E-state index contributed by atoms with van der Waals surface area (Å²) in [5, 5.41) is 0. The monoisotopic (exact) mass is 275 g/mol. The van der Waals surface area contributed by atoms with Gasteiger partial charge in [0, 0.05) is 30.5 Å². The van der Waals surface area contributed by atoms with E-state index in [0.29, 0.717) is 29.2 Å². The molecular weight excluding hydrogens is 262 g/mol. The molecule has 1 heterocycles. The summed E-state index contributed by atoms with van der Waals surface area (Å²) >= 11 is 0. The summed E-state index contributed by atoms with van der Waals surface area (Å²) in [5.74, 6) is 6.97. The number of fused-ring (bicyclic) bond motifs is 1. The van der Waals surface area contributed by atoms with Gasteiger partial charge >= 0.3 is 6.09 Å². The van der Waals surface area contributed by atoms with Crippen LogP contribution in [0.15, 0.2) is 17.1 Å². The van der Waals surface area contributed by atoms with Crippen molar-refractivity contribution >= 4 is 12.3 Å². The molecule has 0 spiro atoms. The fourth-order valence-electron chi connectivity index (χ4n) is 1.55. The van der Waals surface area contributed by atoms with E-state index in [1.165, 1.54) is 13.3 Å². The molecule has 20 heavy (non-hydrogen) atoms. The molecule has 1 aliphatic heterocycles. The van der Waals surface area contributed by atoms with E-state index < -0.39 is 6.09 Å². The van der Waals surface area contributed by atoms with Crippen molar-refractivity contribution in [2.24, 2.45) is 4.99 Å². The first-order valence-electron chi connectivity index (χ1n) is 5.78. The molecule has 0 radical (unpaired) electrons. The Bertz CT molecular complexity index is 598. The van der Waals surface area contributed by atoms with Gasteiger partial charge < -0.3 is 18.9 Å². The Kier molecular flexibility index (Phi) is 4.58. The van der Waals surface area contributed by atoms with E-state index in [0.717, 1.165) is 0 Å². The molecule has 0 aliphatic carbocycles. The van der Waals surface area contributed by atoms with Crippen molar-refractivity contribution < 1.29 is 23.7 Å². The van der Waals surface area contributed by atoms with Gasteiger partial charge in [0.05, 0.1) is 7.11 Å². The molecule has 6 nitrogen and oxygen atoms in total. The molecule has 0 bridgehead atoms. The molecular formula is C14H13NO5. The zero-order valence-electron chi connectivity index (χ0n) is 11.1. The quantitative estimate of drug-likeness (QED) is 0.606. The maximum absolute atomic E-state index is 11.1. The van der Waals surface area contributed by atoms with Crippen molar-refractivity contribution in [2.75, 3.05) is 27.6 Å². The molecule has 0 saturated heterocycles. The first-order chi connectivity index (χ1) is 9.74. The molecule has 0 atom stereocenters. The molecule has 0 unspecified atom stereocenters. The number of benzene rings is 1. The smallest absolute Gasteiger partial charge is 0.433 e. The summed E-state index contributed by atoms with van der Waals surface area (Å²) in [4.78, 5) is 14.7. The molecule has 104 valence electrons. The molecule has 1 amide bonds. The van der Waals surface area contributed by atoms with E-state index in [9.17, 15) is 4.79 Å². The van der Waals surface area contributed by atoms with Gasteiger partial charge in [0.1, 0.15) is 6.61 Å². The van der Waals surface area contributed by atoms with Crippen molar-refractivity contribution in [2.45, 2.75) is 0 Å². The highest BCUT2D eigenvalue weighted by molar-refractivity contribution is 5.91. The summed E-state index contributed by atoms with van der Waals surface area (Å²) in [7, 11) is 2.83. The van der Waals surface area contributed by atoms with Crippen molar-refractivity contribution in [3.8, 4) is 23.3 Å². The molecule has 0 aromatic heterocycles. The Morgan fingerprint density at radius 2 is 2.15 bits per heavy atom. The lowest BCUT2D eigenvalue weighted by molar-refractivity contribution is 0.174. The van der Waals surface area contributed by atoms with Crippen molar-refractivity contribution in [1.82, 2.24) is 0 Å². The summed E-state index contributed by atoms with van der Waals surface area (Å²) in [6, 6.07) is 3.45. The second-order valence-corrected chi connectivity index (χ2v) is 3.76. The van der Waals surface area contributed by atoms with E-state index in [2.05, 4.69) is 21.6 Å². The number of carbonyl (C=O) groups is 1. The third-order valence-electron chi connectivity index (χ3n) is 2.47. The number of rotatable bonds is 2. The van der Waals surface area contributed by atoms with E-state index in [1.54, 1.807) is 19.2 Å². The van der Waals surface area contributed by atoms with Crippen LogP contribution in [0, 0.1) is 11.8 Å². The highest BCUT2D eigenvalue weighted by Gasteiger charge is 2.16. The van der Waals surface area contributed by atoms with Gasteiger partial charge in [-0.1, -0.05) is 11.8 Å². The predicted octanol–water partition coefficient (Wildman–Crippen LogP) is 1.60. The van der Waals surface area contributed by atoms with Gasteiger partial charge in [-0.15, -0.1) is 0 Å². The number of hydrogen-bond donors (Lipinski definition) is 0. The predicted molar refractivity (Wildman–Crippen MR) is 71.3 cm³/mol. The molecule has 0 fully saturated rings. The van der Waals surface area contributed by atoms with E-state index >= 15 is 0 Å². The normalized spacial score (nSPS) is 12.1. The minimum Gasteiger partial charge on any atom is -0.454 e. The summed E-state index contributed by atoms with van der Waals surface area (Å²) in [5.41, 5.74) is 1.31. The van der Waals surface area contributed by atoms with Crippen molar-refractivity contribution in [1.29, 1.82) is 0 Å². The summed E-state index contributed by atoms with van der Waals surface area (Å²) in [6.45, 7) is 0.472. The second kappa shape index (κ2) is 6.59. The number of carbonyl (C=O) groups excluding carboxylic acids is 1. The molecule has 1 aliphatic rings. The number of ether oxygens (including phenoxy) is 4. The van der Waals surface area contributed by atoms with Crippen LogP contribution in [0.4, 0.5) is 4.79 Å². The van der Waals surface area contributed by atoms with Crippen LogP contribution in [0.1, 0.15) is 11.1 Å². The number of hydrogen-bond acceptors (Lipinski definition) is 5. The lowest BCUT2D eigenvalue weighted by Gasteiger charge is -2.02. The second-order valence-electron chi connectivity index (χ2n) is 3.76. The van der Waals surface area contributed by atoms with Gasteiger partial charge in [-0.3, -0.25) is 0 Å². The van der Waals surface area contributed by atoms with Crippen LogP contribution in [0.2, 0.25) is 0 Å². The maximum Gasteiger partial charge on any atom is 0.433 e. The van der Waals surface area contributed by atoms with Crippen LogP contribution < -0.4 is 9.47 Å². The van der Waals surface area contributed by atoms with Crippen molar-refractivity contribution in [3.05, 3.63) is 23.3 Å². The van der Waals surface area contributed by atoms with E-state index in [1.807, 2.05) is 0 Å². The molecule has 0 saturated carbocycles. The van der Waals surface area contributed by atoms with Gasteiger partial charge in [-0.2, -0.15) is 4.99 Å². The van der Waals surface area contributed by atoms with E-state index in [4.69, 9.17) is 14.2 Å². The van der Waals surface area contributed by atoms with Gasteiger partial charge in [0.15, 0.2) is 11.5 Å². The highest BCUT2D eigenvalue weighted by Crippen LogP contribution is 2.34. The maximum atomic E-state index is 11.1. The molecule has 6 heteroatoms. The topological polar surface area (TPSA) is 66.4 Å². The minimum absolute atomic E-state index is 0.165. The molecule has 1 aromatic carbocycles. The van der Waals surface area contributed by atoms with Gasteiger partial charge in [0.2, 0.25) is 6.79 Å². The van der Waals surface area contributed by atoms with Gasteiger partial charge in [-0.25, -0.2) is 4.79 Å². The summed E-state index contributed by atoms with van der Waals surface area (Å²) < 4.78 is 19.9. The van der Waals surface area contributed by atoms with Crippen LogP contribution >= 0.6 is 0 Å². The Morgan fingerprint density at radius 1 is 1.40 bits per heavy atom. The van der Waals surface area contributed by atoms with Crippen molar-refractivity contribution in [3.63, 3.8) is 0 Å². The van der Waals surface area contributed by atoms with Crippen LogP contribution in [0.5, 0.6) is 11.5 Å². The van der Waals surface area contributed by atoms with E-state index in [-0.39, 0.29) is 6.79 Å². The zero-order chi connectivity index (χ0) is 14.4. The van der Waals surface area contributed by atoms with Crippen LogP contribution in [-0.4, -0.2) is 39.9 Å². The third kappa shape index (κ3) is 3.28. The Morgan fingerprint density at radius 3 is 2.85 bits per heavy atom. The molecule has 0 N–H and O–H groups in total. The first-order valence-corrected chi connectivity index (χ1v) is 5.78. The lowest BCUT2D eigenvalue weighted by atomic mass is 10.1. The van der Waals surface area contributed by atoms with Crippen LogP contribution in [0.25, 0.3) is 0 Å². The Hall–Kier alpha value is -2.52. The average Bonchev–Trinajstić information content (AvgIpc) is 2.91. The highest BCUT2D eigenvalue weighted by atomic mass is 16.7. The number of methoxy groups -OCH3 is 2. The number of nitrogens with zero attached hydrogens (tertiary/aromatic N) is 1. The van der Waals surface area contributed by atoms with Crippen LogP contribution in [-0.2, 0) is 9.47 Å². The van der Waals surface area contributed by atoms with Gasteiger partial charge in [0.25, 0.3) is 0 Å². The average molecular weight is 275 g/mol. The SMILES string of the molecule is COCC#Cc1cc2c(cc1/C=N/C(=O)OC)OCO2. The largest absolute Gasteiger partial charge is 0.454 e. The number of amides is 1. The molecule has 2 rings (SSSR count). The van der Waals surface area contributed by atoms with Crippen LogP contribution in [0.3, 0.4) is 0 Å². The first kappa shape index (κ1) is 13.9. The molecule has 1 aromatic rings. The Labute approximate surface area is 116 Å². The zero-order valence-corrected chi connectivity index (χ0v) is 11.1. The lowest BCUT2D eigenvalue weighted by Crippen LogP contribution is -1.96. The fraction of sp³-hybridized carbons (Fsp3) is 0.286. The number of aliphatic imine (C=N–C) groups is 1. The standard InChI is InChI=1S/C14H13NO5/c1-17-5-3-4-10-6-12-13(20-9-19-12)7-11(10)8-15-14(16)18-2/h6-8H,5,9H2,1-2H3/b15-8+.